The first-order chi connectivity index (χ1) is 27.1. The fourth-order valence-corrected chi connectivity index (χ4v) is 6.85. The molecule has 0 saturated carbocycles. The van der Waals surface area contributed by atoms with Crippen molar-refractivity contribution in [3.63, 3.8) is 0 Å². The quantitative estimate of drug-likeness (QED) is 0.0952. The summed E-state index contributed by atoms with van der Waals surface area (Å²) in [4.78, 5) is 63.5. The van der Waals surface area contributed by atoms with Crippen LogP contribution in [0.1, 0.15) is 140 Å². The van der Waals surface area contributed by atoms with Crippen molar-refractivity contribution in [2.75, 3.05) is 0 Å². The lowest BCUT2D eigenvalue weighted by molar-refractivity contribution is -0.134. The minimum atomic E-state index is -1.25. The average Bonchev–Trinajstić information content (AvgIpc) is 3.08. The molecule has 0 radical (unpaired) electrons. The topological polar surface area (TPSA) is 173 Å². The Balaban J connectivity index is 0. The lowest BCUT2D eigenvalue weighted by atomic mass is 9.81. The molecule has 0 aliphatic rings. The number of hydrogen-bond donors (Lipinski definition) is 4. The third kappa shape index (κ3) is 26.8. The zero-order valence-electron chi connectivity index (χ0n) is 39.3. The molecule has 5 N–H and O–H groups in total. The number of carbonyl (C=O) groups excluding carboxylic acids is 5. The molecule has 2 aromatic carbocycles. The number of carbonyl (C=O) groups is 5. The molecular formula is C49H80Cl2N2O8. The number of rotatable bonds is 21. The summed E-state index contributed by atoms with van der Waals surface area (Å²) in [6.07, 6.45) is -0.498. The van der Waals surface area contributed by atoms with Gasteiger partial charge in [-0.3, -0.25) is 19.2 Å². The Bertz CT molecular complexity index is 1600. The largest absolute Gasteiger partial charge is 0.444 e. The van der Waals surface area contributed by atoms with Crippen LogP contribution >= 0.6 is 24.8 Å². The van der Waals surface area contributed by atoms with Crippen LogP contribution in [0.3, 0.4) is 0 Å². The van der Waals surface area contributed by atoms with Crippen LogP contribution in [0.2, 0.25) is 0 Å². The van der Waals surface area contributed by atoms with Crippen LogP contribution < -0.4 is 11.1 Å². The number of ketones is 4. The van der Waals surface area contributed by atoms with Crippen LogP contribution in [0, 0.1) is 34.5 Å². The fraction of sp³-hybridized carbons (Fsp3) is 0.653. The van der Waals surface area contributed by atoms with E-state index in [0.29, 0.717) is 31.6 Å². The second-order valence-electron chi connectivity index (χ2n) is 20.6. The molecule has 12 heteroatoms. The van der Waals surface area contributed by atoms with Crippen molar-refractivity contribution in [3.05, 3.63) is 71.8 Å². The second-order valence-corrected chi connectivity index (χ2v) is 20.6. The van der Waals surface area contributed by atoms with E-state index in [4.69, 9.17) is 10.5 Å². The molecular weight excluding hydrogens is 815 g/mol. The molecule has 6 atom stereocenters. The highest BCUT2D eigenvalue weighted by Gasteiger charge is 2.34. The first kappa shape index (κ1) is 59.9. The Hall–Kier alpha value is -3.15. The number of ether oxygens (including phenoxy) is 1. The molecule has 1 amide bonds. The summed E-state index contributed by atoms with van der Waals surface area (Å²) in [7, 11) is 0. The van der Waals surface area contributed by atoms with Crippen LogP contribution in [-0.2, 0) is 36.8 Å². The van der Waals surface area contributed by atoms with Gasteiger partial charge in [0.05, 0.1) is 12.1 Å². The van der Waals surface area contributed by atoms with Gasteiger partial charge in [0.1, 0.15) is 23.6 Å². The summed E-state index contributed by atoms with van der Waals surface area (Å²) in [5.74, 6) is -1.30. The zero-order valence-corrected chi connectivity index (χ0v) is 40.9. The monoisotopic (exact) mass is 895 g/mol. The second kappa shape index (κ2) is 27.8. The maximum absolute atomic E-state index is 13.3. The van der Waals surface area contributed by atoms with Crippen LogP contribution in [0.15, 0.2) is 60.7 Å². The Morgan fingerprint density at radius 1 is 0.590 bits per heavy atom. The number of amides is 1. The van der Waals surface area contributed by atoms with Crippen molar-refractivity contribution in [3.8, 4) is 0 Å². The van der Waals surface area contributed by atoms with Gasteiger partial charge < -0.3 is 26.0 Å². The maximum Gasteiger partial charge on any atom is 0.408 e. The number of halogens is 2. The Kier molecular flexibility index (Phi) is 27.3. The highest BCUT2D eigenvalue weighted by Crippen LogP contribution is 2.27. The van der Waals surface area contributed by atoms with Crippen LogP contribution in [-0.4, -0.2) is 69.3 Å². The summed E-state index contributed by atoms with van der Waals surface area (Å²) in [6.45, 7) is 25.0. The summed E-state index contributed by atoms with van der Waals surface area (Å²) < 4.78 is 5.34. The van der Waals surface area contributed by atoms with Crippen LogP contribution in [0.4, 0.5) is 4.79 Å². The van der Waals surface area contributed by atoms with Gasteiger partial charge in [-0.1, -0.05) is 130 Å². The predicted octanol–water partition coefficient (Wildman–Crippen LogP) is 9.50. The van der Waals surface area contributed by atoms with Crippen molar-refractivity contribution >= 4 is 54.0 Å². The number of nitrogens with one attached hydrogen (secondary N) is 1. The van der Waals surface area contributed by atoms with Crippen LogP contribution in [0.25, 0.3) is 0 Å². The minimum absolute atomic E-state index is 0. The van der Waals surface area contributed by atoms with Gasteiger partial charge in [-0.05, 0) is 80.2 Å². The molecule has 0 aromatic heterocycles. The van der Waals surface area contributed by atoms with E-state index in [-0.39, 0.29) is 90.4 Å². The summed E-state index contributed by atoms with van der Waals surface area (Å²) in [6, 6.07) is 17.9. The van der Waals surface area contributed by atoms with Gasteiger partial charge in [0.15, 0.2) is 17.3 Å². The van der Waals surface area contributed by atoms with Crippen molar-refractivity contribution in [2.24, 2.45) is 40.2 Å². The van der Waals surface area contributed by atoms with E-state index in [0.717, 1.165) is 11.1 Å². The molecule has 0 aliphatic carbocycles. The predicted molar refractivity (Wildman–Crippen MR) is 251 cm³/mol. The molecule has 10 nitrogen and oxygen atoms in total. The maximum atomic E-state index is 13.3. The van der Waals surface area contributed by atoms with Crippen molar-refractivity contribution in [1.29, 1.82) is 0 Å². The molecule has 2 rings (SSSR count). The third-order valence-electron chi connectivity index (χ3n) is 9.50. The summed E-state index contributed by atoms with van der Waals surface area (Å²) in [5, 5.41) is 24.3. The van der Waals surface area contributed by atoms with Gasteiger partial charge in [0, 0.05) is 37.5 Å². The highest BCUT2D eigenvalue weighted by atomic mass is 35.5. The van der Waals surface area contributed by atoms with Crippen molar-refractivity contribution in [2.45, 2.75) is 171 Å². The highest BCUT2D eigenvalue weighted by molar-refractivity contribution is 5.90. The first-order valence-corrected chi connectivity index (χ1v) is 21.4. The Morgan fingerprint density at radius 2 is 0.951 bits per heavy atom. The van der Waals surface area contributed by atoms with Gasteiger partial charge in [0.25, 0.3) is 0 Å². The minimum Gasteiger partial charge on any atom is -0.444 e. The van der Waals surface area contributed by atoms with Crippen molar-refractivity contribution in [1.82, 2.24) is 5.32 Å². The number of aliphatic hydroxyl groups excluding tert-OH is 2. The molecule has 4 unspecified atom stereocenters. The molecule has 61 heavy (non-hydrogen) atoms. The smallest absolute Gasteiger partial charge is 0.408 e. The Morgan fingerprint density at radius 3 is 1.28 bits per heavy atom. The molecule has 0 spiro atoms. The standard InChI is InChI=1S/C27H43NO5.C22H35NO3.2ClH/c1-18(2)14-21(28-25(32)33-27(6,7)8)22(29)16-20(15-19-12-10-9-11-13-19)24(31)23(30)17-26(3,4)5;1-15(2)11-18(23)19(24)13-17(12-16-9-7-6-8-10-16)21(26)20(25)14-22(3,4)5;;/h9-13,18,20-21,24,31H,14-17H2,1-8H3,(H,28,32);6-10,15,17-18,21,26H,11-14,23H2,1-5H3;2*1H/t20?,21-,24?;17?,18-,21?;;/m00../s1. The number of nitrogens with two attached hydrogens (primary N) is 1. The number of Topliss-reactive ketones (excluding diaryl/α,β-unsaturated/α-hetero) is 4. The molecule has 348 valence electrons. The molecule has 0 heterocycles. The average molecular weight is 896 g/mol. The molecule has 0 aliphatic heterocycles. The lowest BCUT2D eigenvalue weighted by Gasteiger charge is -2.28. The van der Waals surface area contributed by atoms with E-state index in [1.807, 2.05) is 130 Å². The molecule has 0 bridgehead atoms. The zero-order chi connectivity index (χ0) is 45.3. The Labute approximate surface area is 380 Å². The van der Waals surface area contributed by atoms with Gasteiger partial charge in [-0.25, -0.2) is 4.79 Å². The van der Waals surface area contributed by atoms with E-state index in [9.17, 15) is 34.2 Å². The van der Waals surface area contributed by atoms with E-state index in [2.05, 4.69) is 5.32 Å². The fourth-order valence-electron chi connectivity index (χ4n) is 6.85. The van der Waals surface area contributed by atoms with Crippen LogP contribution in [0.5, 0.6) is 0 Å². The molecule has 0 saturated heterocycles. The summed E-state index contributed by atoms with van der Waals surface area (Å²) in [5.41, 5.74) is 6.82. The molecule has 0 fully saturated rings. The number of hydrogen-bond acceptors (Lipinski definition) is 9. The molecule has 2 aromatic rings. The number of alkyl carbamates (subject to hydrolysis) is 1. The van der Waals surface area contributed by atoms with E-state index in [1.54, 1.807) is 20.8 Å². The lowest BCUT2D eigenvalue weighted by Crippen LogP contribution is -2.45. The van der Waals surface area contributed by atoms with E-state index < -0.39 is 47.8 Å². The van der Waals surface area contributed by atoms with Gasteiger partial charge in [0.2, 0.25) is 0 Å². The number of benzene rings is 2. The van der Waals surface area contributed by atoms with Gasteiger partial charge in [-0.15, -0.1) is 24.8 Å². The van der Waals surface area contributed by atoms with Gasteiger partial charge in [-0.2, -0.15) is 0 Å². The van der Waals surface area contributed by atoms with E-state index >= 15 is 0 Å². The normalized spacial score (nSPS) is 14.7. The van der Waals surface area contributed by atoms with Gasteiger partial charge >= 0.3 is 6.09 Å². The first-order valence-electron chi connectivity index (χ1n) is 21.4. The SMILES string of the molecule is CC(C)C[C@H](N)C(=O)CC(Cc1ccccc1)C(O)C(=O)CC(C)(C)C.CC(C)C[C@H](NC(=O)OC(C)(C)C)C(=O)CC(Cc1ccccc1)C(O)C(=O)CC(C)(C)C.Cl.Cl. The number of aliphatic hydroxyl groups is 2. The third-order valence-corrected chi connectivity index (χ3v) is 9.50. The van der Waals surface area contributed by atoms with Crippen molar-refractivity contribution < 1.29 is 38.9 Å². The van der Waals surface area contributed by atoms with E-state index in [1.165, 1.54) is 0 Å². The summed E-state index contributed by atoms with van der Waals surface area (Å²) >= 11 is 0.